The predicted octanol–water partition coefficient (Wildman–Crippen LogP) is 1.35. The van der Waals surface area contributed by atoms with Gasteiger partial charge in [-0.1, -0.05) is 13.8 Å². The summed E-state index contributed by atoms with van der Waals surface area (Å²) in [6.07, 6.45) is 0. The molecule has 1 aromatic heterocycles. The monoisotopic (exact) mass is 171 g/mol. The topological polar surface area (TPSA) is 70.3 Å². The fourth-order valence-corrected chi connectivity index (χ4v) is 1.27. The van der Waals surface area contributed by atoms with E-state index in [1.165, 1.54) is 0 Å². The molecule has 0 atom stereocenters. The quantitative estimate of drug-likeness (QED) is 0.464. The summed E-state index contributed by atoms with van der Waals surface area (Å²) >= 11 is 0. The van der Waals surface area contributed by atoms with Crippen LogP contribution in [0.1, 0.15) is 31.0 Å². The van der Waals surface area contributed by atoms with E-state index in [-0.39, 0.29) is 5.92 Å². The summed E-state index contributed by atoms with van der Waals surface area (Å²) in [5.41, 5.74) is 3.38. The average Bonchev–Trinajstić information content (AvgIpc) is 2.25. The first-order valence-corrected chi connectivity index (χ1v) is 3.76. The lowest BCUT2D eigenvalue weighted by Gasteiger charge is -2.04. The second kappa shape index (κ2) is 3.02. The molecular weight excluding hydrogens is 158 g/mol. The van der Waals surface area contributed by atoms with Gasteiger partial charge < -0.3 is 5.21 Å². The second-order valence-corrected chi connectivity index (χ2v) is 3.01. The molecule has 1 rings (SSSR count). The molecule has 5 nitrogen and oxygen atoms in total. The van der Waals surface area contributed by atoms with E-state index in [0.29, 0.717) is 11.5 Å². The molecule has 0 saturated heterocycles. The predicted molar refractivity (Wildman–Crippen MR) is 43.6 cm³/mol. The number of nitrogens with zero attached hydrogens (tertiary/aromatic N) is 2. The second-order valence-electron chi connectivity index (χ2n) is 3.01. The van der Waals surface area contributed by atoms with E-state index in [1.807, 2.05) is 19.3 Å². The molecule has 3 N–H and O–H groups in total. The smallest absolute Gasteiger partial charge is 0.178 e. The minimum atomic E-state index is 0.171. The molecule has 12 heavy (non-hydrogen) atoms. The van der Waals surface area contributed by atoms with Crippen molar-refractivity contribution in [1.29, 1.82) is 0 Å². The summed E-state index contributed by atoms with van der Waals surface area (Å²) in [5, 5.41) is 21.5. The number of rotatable bonds is 2. The van der Waals surface area contributed by atoms with E-state index in [2.05, 4.69) is 5.10 Å². The lowest BCUT2D eigenvalue weighted by molar-refractivity contribution is 0.137. The maximum Gasteiger partial charge on any atom is 0.178 e. The van der Waals surface area contributed by atoms with Gasteiger partial charge in [0.25, 0.3) is 0 Å². The molecule has 68 valence electrons. The molecule has 0 bridgehead atoms. The minimum Gasteiger partial charge on any atom is -0.411 e. The van der Waals surface area contributed by atoms with Gasteiger partial charge >= 0.3 is 0 Å². The van der Waals surface area contributed by atoms with E-state index in [9.17, 15) is 5.21 Å². The van der Waals surface area contributed by atoms with Crippen molar-refractivity contribution < 1.29 is 10.4 Å². The summed E-state index contributed by atoms with van der Waals surface area (Å²) in [7, 11) is 0. The first kappa shape index (κ1) is 8.86. The Hall–Kier alpha value is -1.23. The number of hydrogen-bond acceptors (Lipinski definition) is 4. The van der Waals surface area contributed by atoms with Crippen LogP contribution in [0.5, 0.6) is 0 Å². The Kier molecular flexibility index (Phi) is 2.23. The lowest BCUT2D eigenvalue weighted by Crippen LogP contribution is -2.02. The van der Waals surface area contributed by atoms with Crippen molar-refractivity contribution in [1.82, 2.24) is 9.94 Å². The van der Waals surface area contributed by atoms with Crippen LogP contribution in [0, 0.1) is 6.92 Å². The molecule has 0 fully saturated rings. The zero-order valence-electron chi connectivity index (χ0n) is 7.37. The molecular formula is C7H13N3O2. The molecule has 0 aliphatic carbocycles. The normalized spacial score (nSPS) is 10.8. The Labute approximate surface area is 70.5 Å². The maximum absolute atomic E-state index is 9.27. The number of anilines is 1. The zero-order chi connectivity index (χ0) is 9.30. The SMILES string of the molecule is Cc1c(NO)nn(O)c1C(C)C. The number of nitrogens with one attached hydrogen (secondary N) is 1. The molecule has 0 aliphatic rings. The Morgan fingerprint density at radius 3 is 2.33 bits per heavy atom. The van der Waals surface area contributed by atoms with Crippen LogP contribution in [-0.4, -0.2) is 20.4 Å². The van der Waals surface area contributed by atoms with Crippen molar-refractivity contribution in [3.8, 4) is 0 Å². The third kappa shape index (κ3) is 1.23. The molecule has 1 aromatic rings. The summed E-state index contributed by atoms with van der Waals surface area (Å²) in [6.45, 7) is 5.67. The molecule has 1 heterocycles. The molecule has 0 saturated carbocycles. The summed E-state index contributed by atoms with van der Waals surface area (Å²) in [5.74, 6) is 0.464. The molecule has 0 spiro atoms. The van der Waals surface area contributed by atoms with E-state index in [4.69, 9.17) is 5.21 Å². The van der Waals surface area contributed by atoms with Gasteiger partial charge in [0.1, 0.15) is 0 Å². The highest BCUT2D eigenvalue weighted by Crippen LogP contribution is 2.23. The van der Waals surface area contributed by atoms with E-state index in [0.717, 1.165) is 10.4 Å². The van der Waals surface area contributed by atoms with E-state index in [1.54, 1.807) is 6.92 Å². The lowest BCUT2D eigenvalue weighted by atomic mass is 10.1. The zero-order valence-corrected chi connectivity index (χ0v) is 7.37. The van der Waals surface area contributed by atoms with Crippen LogP contribution in [0.15, 0.2) is 0 Å². The summed E-state index contributed by atoms with van der Waals surface area (Å²) in [4.78, 5) is 0.790. The van der Waals surface area contributed by atoms with E-state index < -0.39 is 0 Å². The number of hydrogen-bond donors (Lipinski definition) is 3. The maximum atomic E-state index is 9.27. The molecule has 0 aliphatic heterocycles. The van der Waals surface area contributed by atoms with Gasteiger partial charge in [-0.25, -0.2) is 0 Å². The van der Waals surface area contributed by atoms with Crippen molar-refractivity contribution >= 4 is 5.82 Å². The van der Waals surface area contributed by atoms with Gasteiger partial charge in [-0.05, 0) is 12.8 Å². The van der Waals surface area contributed by atoms with Gasteiger partial charge in [-0.2, -0.15) is 0 Å². The van der Waals surface area contributed by atoms with Crippen LogP contribution in [0.4, 0.5) is 5.82 Å². The van der Waals surface area contributed by atoms with Crippen LogP contribution in [0.25, 0.3) is 0 Å². The van der Waals surface area contributed by atoms with Crippen LogP contribution in [0.2, 0.25) is 0 Å². The molecule has 0 amide bonds. The van der Waals surface area contributed by atoms with Crippen molar-refractivity contribution in [2.24, 2.45) is 0 Å². The van der Waals surface area contributed by atoms with Crippen molar-refractivity contribution in [3.05, 3.63) is 11.3 Å². The average molecular weight is 171 g/mol. The third-order valence-electron chi connectivity index (χ3n) is 1.80. The fraction of sp³-hybridized carbons (Fsp3) is 0.571. The van der Waals surface area contributed by atoms with Crippen molar-refractivity contribution in [2.75, 3.05) is 5.48 Å². The van der Waals surface area contributed by atoms with Crippen LogP contribution in [0.3, 0.4) is 0 Å². The van der Waals surface area contributed by atoms with Crippen molar-refractivity contribution in [2.45, 2.75) is 26.7 Å². The van der Waals surface area contributed by atoms with Gasteiger partial charge in [0.15, 0.2) is 5.82 Å². The summed E-state index contributed by atoms with van der Waals surface area (Å²) in [6, 6.07) is 0. The Bertz CT molecular complexity index is 280. The molecule has 0 unspecified atom stereocenters. The minimum absolute atomic E-state index is 0.171. The first-order chi connectivity index (χ1) is 5.57. The first-order valence-electron chi connectivity index (χ1n) is 3.76. The fourth-order valence-electron chi connectivity index (χ4n) is 1.27. The highest BCUT2D eigenvalue weighted by Gasteiger charge is 2.15. The highest BCUT2D eigenvalue weighted by molar-refractivity contribution is 5.44. The molecule has 5 heteroatoms. The van der Waals surface area contributed by atoms with Crippen molar-refractivity contribution in [3.63, 3.8) is 0 Å². The highest BCUT2D eigenvalue weighted by atomic mass is 16.5. The van der Waals surface area contributed by atoms with Crippen LogP contribution in [-0.2, 0) is 0 Å². The third-order valence-corrected chi connectivity index (χ3v) is 1.80. The Balaban J connectivity index is 3.19. The number of aromatic nitrogens is 2. The van der Waals surface area contributed by atoms with Gasteiger partial charge in [0.2, 0.25) is 0 Å². The summed E-state index contributed by atoms with van der Waals surface area (Å²) < 4.78 is 0. The van der Waals surface area contributed by atoms with Gasteiger partial charge in [-0.3, -0.25) is 10.7 Å². The Morgan fingerprint density at radius 2 is 2.08 bits per heavy atom. The molecule has 0 aromatic carbocycles. The Morgan fingerprint density at radius 1 is 1.50 bits per heavy atom. The van der Waals surface area contributed by atoms with Crippen LogP contribution >= 0.6 is 0 Å². The molecule has 0 radical (unpaired) electrons. The van der Waals surface area contributed by atoms with Gasteiger partial charge in [-0.15, -0.1) is 9.94 Å². The van der Waals surface area contributed by atoms with Gasteiger partial charge in [0.05, 0.1) is 5.69 Å². The van der Waals surface area contributed by atoms with Crippen LogP contribution < -0.4 is 5.48 Å². The van der Waals surface area contributed by atoms with E-state index >= 15 is 0 Å². The largest absolute Gasteiger partial charge is 0.411 e. The van der Waals surface area contributed by atoms with Gasteiger partial charge in [0, 0.05) is 5.56 Å². The standard InChI is InChI=1S/C7H13N3O2/c1-4(2)6-5(3)7(9-11)8-10(6)12/h4,11-12H,1-3H3,(H,8,9).